The minimum Gasteiger partial charge on any atom is -0.323 e. The van der Waals surface area contributed by atoms with E-state index in [-0.39, 0.29) is 17.3 Å². The molecule has 0 aromatic heterocycles. The molecule has 0 spiro atoms. The Bertz CT molecular complexity index is 357. The van der Waals surface area contributed by atoms with Gasteiger partial charge in [0.05, 0.1) is 0 Å². The minimum atomic E-state index is -0.274. The lowest BCUT2D eigenvalue weighted by Crippen LogP contribution is -2.35. The van der Waals surface area contributed by atoms with Crippen LogP contribution in [0.1, 0.15) is 32.4 Å². The number of nitrogens with zero attached hydrogens (tertiary/aromatic N) is 1. The van der Waals surface area contributed by atoms with E-state index in [1.54, 1.807) is 12.1 Å². The Morgan fingerprint density at radius 2 is 1.88 bits per heavy atom. The van der Waals surface area contributed by atoms with Gasteiger partial charge in [0, 0.05) is 24.7 Å². The van der Waals surface area contributed by atoms with Gasteiger partial charge in [-0.2, -0.15) is 0 Å². The molecular formula is C14H23FN2. The van der Waals surface area contributed by atoms with Crippen molar-refractivity contribution in [3.8, 4) is 0 Å². The van der Waals surface area contributed by atoms with Gasteiger partial charge in [0.15, 0.2) is 0 Å². The van der Waals surface area contributed by atoms with Crippen molar-refractivity contribution in [1.82, 2.24) is 4.90 Å². The largest absolute Gasteiger partial charge is 0.323 e. The lowest BCUT2D eigenvalue weighted by molar-refractivity contribution is 0.216. The highest BCUT2D eigenvalue weighted by Gasteiger charge is 2.17. The van der Waals surface area contributed by atoms with E-state index in [9.17, 15) is 4.39 Å². The van der Waals surface area contributed by atoms with Gasteiger partial charge >= 0.3 is 0 Å². The minimum absolute atomic E-state index is 0.218. The zero-order valence-electron chi connectivity index (χ0n) is 11.2. The molecule has 0 amide bonds. The Kier molecular flexibility index (Phi) is 4.66. The maximum atomic E-state index is 13.5. The molecule has 0 fully saturated rings. The van der Waals surface area contributed by atoms with Gasteiger partial charge in [0.2, 0.25) is 0 Å². The Balaban J connectivity index is 2.61. The maximum Gasteiger partial charge on any atom is 0.128 e. The van der Waals surface area contributed by atoms with Crippen LogP contribution in [0.5, 0.6) is 0 Å². The van der Waals surface area contributed by atoms with Gasteiger partial charge in [-0.25, -0.2) is 4.39 Å². The van der Waals surface area contributed by atoms with Crippen molar-refractivity contribution < 1.29 is 4.39 Å². The quantitative estimate of drug-likeness (QED) is 0.874. The van der Waals surface area contributed by atoms with Gasteiger partial charge in [-0.05, 0) is 18.5 Å². The number of rotatable bonds is 4. The SMILES string of the molecule is CN(CC(N)c1ccccc1F)CC(C)(C)C. The fourth-order valence-corrected chi connectivity index (χ4v) is 2.08. The van der Waals surface area contributed by atoms with Crippen molar-refractivity contribution in [2.75, 3.05) is 20.1 Å². The average molecular weight is 238 g/mol. The highest BCUT2D eigenvalue weighted by atomic mass is 19.1. The van der Waals surface area contributed by atoms with Gasteiger partial charge in [0.25, 0.3) is 0 Å². The first-order valence-corrected chi connectivity index (χ1v) is 5.98. The number of benzene rings is 1. The first-order chi connectivity index (χ1) is 7.79. The summed E-state index contributed by atoms with van der Waals surface area (Å²) < 4.78 is 13.5. The van der Waals surface area contributed by atoms with Gasteiger partial charge in [-0.15, -0.1) is 0 Å². The monoisotopic (exact) mass is 238 g/mol. The Labute approximate surface area is 104 Å². The van der Waals surface area contributed by atoms with E-state index in [2.05, 4.69) is 25.7 Å². The maximum absolute atomic E-state index is 13.5. The van der Waals surface area contributed by atoms with Crippen molar-refractivity contribution >= 4 is 0 Å². The standard InChI is InChI=1S/C14H23FN2/c1-14(2,3)10-17(4)9-13(16)11-7-5-6-8-12(11)15/h5-8,13H,9-10,16H2,1-4H3. The molecule has 0 heterocycles. The summed E-state index contributed by atoms with van der Waals surface area (Å²) >= 11 is 0. The van der Waals surface area contributed by atoms with Gasteiger partial charge in [-0.3, -0.25) is 0 Å². The number of hydrogen-bond donors (Lipinski definition) is 1. The fourth-order valence-electron chi connectivity index (χ4n) is 2.08. The summed E-state index contributed by atoms with van der Waals surface area (Å²) in [6, 6.07) is 6.44. The zero-order valence-corrected chi connectivity index (χ0v) is 11.2. The van der Waals surface area contributed by atoms with Crippen LogP contribution in [0.15, 0.2) is 24.3 Å². The van der Waals surface area contributed by atoms with E-state index in [1.807, 2.05) is 13.1 Å². The first-order valence-electron chi connectivity index (χ1n) is 5.98. The first kappa shape index (κ1) is 14.1. The van der Waals surface area contributed by atoms with E-state index in [4.69, 9.17) is 5.73 Å². The molecule has 1 atom stereocenters. The van der Waals surface area contributed by atoms with Crippen LogP contribution in [0.4, 0.5) is 4.39 Å². The van der Waals surface area contributed by atoms with Crippen LogP contribution >= 0.6 is 0 Å². The van der Waals surface area contributed by atoms with E-state index in [0.717, 1.165) is 6.54 Å². The van der Waals surface area contributed by atoms with Crippen molar-refractivity contribution in [3.63, 3.8) is 0 Å². The van der Waals surface area contributed by atoms with E-state index in [0.29, 0.717) is 12.1 Å². The average Bonchev–Trinajstić information content (AvgIpc) is 2.14. The number of hydrogen-bond acceptors (Lipinski definition) is 2. The molecule has 0 radical (unpaired) electrons. The molecule has 0 bridgehead atoms. The molecule has 2 N–H and O–H groups in total. The van der Waals surface area contributed by atoms with Crippen molar-refractivity contribution in [3.05, 3.63) is 35.6 Å². The van der Waals surface area contributed by atoms with E-state index >= 15 is 0 Å². The second-order valence-corrected chi connectivity index (χ2v) is 5.89. The van der Waals surface area contributed by atoms with Crippen LogP contribution < -0.4 is 5.73 Å². The number of nitrogens with two attached hydrogens (primary N) is 1. The molecule has 0 aliphatic heterocycles. The topological polar surface area (TPSA) is 29.3 Å². The van der Waals surface area contributed by atoms with Crippen LogP contribution in [0.2, 0.25) is 0 Å². The molecular weight excluding hydrogens is 215 g/mol. The van der Waals surface area contributed by atoms with Crippen LogP contribution in [-0.2, 0) is 0 Å². The summed E-state index contributed by atoms with van der Waals surface area (Å²) in [5.74, 6) is -0.218. The molecule has 1 rings (SSSR count). The highest BCUT2D eigenvalue weighted by molar-refractivity contribution is 5.21. The second-order valence-electron chi connectivity index (χ2n) is 5.89. The van der Waals surface area contributed by atoms with Crippen LogP contribution in [0, 0.1) is 11.2 Å². The second kappa shape index (κ2) is 5.61. The predicted molar refractivity (Wildman–Crippen MR) is 70.3 cm³/mol. The summed E-state index contributed by atoms with van der Waals surface area (Å²) in [5.41, 5.74) is 6.85. The Morgan fingerprint density at radius 1 is 1.29 bits per heavy atom. The molecule has 1 aromatic carbocycles. The molecule has 1 aromatic rings. The molecule has 17 heavy (non-hydrogen) atoms. The highest BCUT2D eigenvalue weighted by Crippen LogP contribution is 2.18. The summed E-state index contributed by atoms with van der Waals surface area (Å²) in [4.78, 5) is 2.15. The third-order valence-electron chi connectivity index (χ3n) is 2.56. The van der Waals surface area contributed by atoms with Crippen molar-refractivity contribution in [2.45, 2.75) is 26.8 Å². The summed E-state index contributed by atoms with van der Waals surface area (Å²) in [7, 11) is 2.02. The van der Waals surface area contributed by atoms with Crippen molar-refractivity contribution in [1.29, 1.82) is 0 Å². The Morgan fingerprint density at radius 3 is 2.41 bits per heavy atom. The van der Waals surface area contributed by atoms with Crippen LogP contribution in [0.3, 0.4) is 0 Å². The molecule has 0 saturated carbocycles. The van der Waals surface area contributed by atoms with Crippen LogP contribution in [0.25, 0.3) is 0 Å². The predicted octanol–water partition coefficient (Wildman–Crippen LogP) is 2.80. The lowest BCUT2D eigenvalue weighted by atomic mass is 9.96. The summed E-state index contributed by atoms with van der Waals surface area (Å²) in [6.45, 7) is 8.14. The number of halogens is 1. The van der Waals surface area contributed by atoms with Gasteiger partial charge in [-0.1, -0.05) is 39.0 Å². The molecule has 3 heteroatoms. The summed E-state index contributed by atoms with van der Waals surface area (Å²) in [6.07, 6.45) is 0. The Hall–Kier alpha value is -0.930. The smallest absolute Gasteiger partial charge is 0.128 e. The molecule has 2 nitrogen and oxygen atoms in total. The van der Waals surface area contributed by atoms with Crippen molar-refractivity contribution in [2.24, 2.45) is 11.1 Å². The summed E-state index contributed by atoms with van der Waals surface area (Å²) in [5, 5.41) is 0. The third-order valence-corrected chi connectivity index (χ3v) is 2.56. The van der Waals surface area contributed by atoms with Crippen LogP contribution in [-0.4, -0.2) is 25.0 Å². The third kappa shape index (κ3) is 4.84. The van der Waals surface area contributed by atoms with Gasteiger partial charge < -0.3 is 10.6 Å². The molecule has 1 unspecified atom stereocenters. The molecule has 0 aliphatic rings. The molecule has 0 aliphatic carbocycles. The lowest BCUT2D eigenvalue weighted by Gasteiger charge is -2.28. The fraction of sp³-hybridized carbons (Fsp3) is 0.571. The zero-order chi connectivity index (χ0) is 13.1. The molecule has 0 saturated heterocycles. The van der Waals surface area contributed by atoms with Gasteiger partial charge in [0.1, 0.15) is 5.82 Å². The van der Waals surface area contributed by atoms with E-state index in [1.165, 1.54) is 6.07 Å². The molecule has 96 valence electrons. The van der Waals surface area contributed by atoms with E-state index < -0.39 is 0 Å². The number of likely N-dealkylation sites (N-methyl/N-ethyl adjacent to an activating group) is 1. The normalized spacial score (nSPS) is 14.1.